The van der Waals surface area contributed by atoms with Crippen LogP contribution in [0.2, 0.25) is 5.02 Å². The van der Waals surface area contributed by atoms with Gasteiger partial charge in [-0.05, 0) is 35.9 Å². The summed E-state index contributed by atoms with van der Waals surface area (Å²) in [7, 11) is -2.46. The van der Waals surface area contributed by atoms with E-state index in [4.69, 9.17) is 16.3 Å². The molecule has 0 radical (unpaired) electrons. The first kappa shape index (κ1) is 17.5. The van der Waals surface area contributed by atoms with Crippen LogP contribution in [0.3, 0.4) is 0 Å². The molecule has 23 heavy (non-hydrogen) atoms. The molecule has 0 N–H and O–H groups in total. The summed E-state index contributed by atoms with van der Waals surface area (Å²) in [4.78, 5) is 0. The lowest BCUT2D eigenvalue weighted by molar-refractivity contribution is 0.386. The summed E-state index contributed by atoms with van der Waals surface area (Å²) in [6, 6.07) is 7.69. The Morgan fingerprint density at radius 3 is 2.35 bits per heavy atom. The minimum atomic E-state index is -3.78. The van der Waals surface area contributed by atoms with Gasteiger partial charge in [-0.15, -0.1) is 0 Å². The molecule has 0 atom stereocenters. The summed E-state index contributed by atoms with van der Waals surface area (Å²) < 4.78 is 57.4. The quantitative estimate of drug-likeness (QED) is 0.817. The third kappa shape index (κ3) is 4.11. The summed E-state index contributed by atoms with van der Waals surface area (Å²) in [5.41, 5.74) is 0.191. The Balaban J connectivity index is 2.43. The molecule has 8 heteroatoms. The molecule has 0 aliphatic carbocycles. The van der Waals surface area contributed by atoms with Crippen molar-refractivity contribution in [3.8, 4) is 5.75 Å². The van der Waals surface area contributed by atoms with Crippen molar-refractivity contribution in [1.29, 1.82) is 0 Å². The average Bonchev–Trinajstić information content (AvgIpc) is 2.44. The zero-order valence-corrected chi connectivity index (χ0v) is 14.0. The minimum Gasteiger partial charge on any atom is -0.494 e. The number of anilines is 1. The molecule has 0 fully saturated rings. The maximum Gasteiger partial charge on any atom is 0.232 e. The molecule has 0 aliphatic rings. The van der Waals surface area contributed by atoms with E-state index in [1.54, 1.807) is 0 Å². The number of hydrogen-bond acceptors (Lipinski definition) is 3. The molecule has 0 heterocycles. The van der Waals surface area contributed by atoms with Crippen LogP contribution in [0.5, 0.6) is 5.75 Å². The number of benzene rings is 2. The average molecular weight is 362 g/mol. The number of halogens is 3. The van der Waals surface area contributed by atoms with Crippen LogP contribution < -0.4 is 9.04 Å². The number of rotatable bonds is 5. The van der Waals surface area contributed by atoms with Gasteiger partial charge in [-0.3, -0.25) is 4.31 Å². The van der Waals surface area contributed by atoms with Gasteiger partial charge in [-0.25, -0.2) is 17.2 Å². The van der Waals surface area contributed by atoms with Crippen LogP contribution in [-0.2, 0) is 16.6 Å². The van der Waals surface area contributed by atoms with Gasteiger partial charge in [-0.2, -0.15) is 0 Å². The van der Waals surface area contributed by atoms with Gasteiger partial charge in [-0.1, -0.05) is 17.7 Å². The summed E-state index contributed by atoms with van der Waals surface area (Å²) >= 11 is 5.68. The van der Waals surface area contributed by atoms with Crippen LogP contribution in [0.1, 0.15) is 5.56 Å². The normalized spacial score (nSPS) is 11.3. The number of methoxy groups -OCH3 is 1. The Bertz CT molecular complexity index is 827. The van der Waals surface area contributed by atoms with E-state index >= 15 is 0 Å². The Morgan fingerprint density at radius 2 is 1.83 bits per heavy atom. The largest absolute Gasteiger partial charge is 0.494 e. The summed E-state index contributed by atoms with van der Waals surface area (Å²) in [6.45, 7) is -0.224. The third-order valence-corrected chi connectivity index (χ3v) is 4.48. The zero-order valence-electron chi connectivity index (χ0n) is 12.4. The van der Waals surface area contributed by atoms with E-state index in [1.165, 1.54) is 31.4 Å². The lowest BCUT2D eigenvalue weighted by Crippen LogP contribution is -2.30. The molecule has 2 aromatic carbocycles. The second-order valence-electron chi connectivity index (χ2n) is 4.83. The van der Waals surface area contributed by atoms with Crippen molar-refractivity contribution < 1.29 is 21.9 Å². The second-order valence-corrected chi connectivity index (χ2v) is 7.18. The van der Waals surface area contributed by atoms with Crippen LogP contribution in [0, 0.1) is 11.6 Å². The molecule has 0 unspecified atom stereocenters. The van der Waals surface area contributed by atoms with E-state index in [1.807, 2.05) is 0 Å². The SMILES string of the molecule is COc1ccc(CN(c2ccc(Cl)cc2F)S(C)(=O)=O)cc1F. The third-order valence-electron chi connectivity index (χ3n) is 3.12. The molecule has 0 saturated heterocycles. The minimum absolute atomic E-state index is 0.0392. The summed E-state index contributed by atoms with van der Waals surface area (Å²) in [5, 5.41) is 0.148. The molecular formula is C15H14ClF2NO3S. The highest BCUT2D eigenvalue weighted by Gasteiger charge is 2.22. The maximum atomic E-state index is 14.0. The Morgan fingerprint density at radius 1 is 1.13 bits per heavy atom. The van der Waals surface area contributed by atoms with Crippen molar-refractivity contribution in [3.05, 3.63) is 58.6 Å². The fraction of sp³-hybridized carbons (Fsp3) is 0.200. The highest BCUT2D eigenvalue weighted by Crippen LogP contribution is 2.27. The van der Waals surface area contributed by atoms with Crippen molar-refractivity contribution in [3.63, 3.8) is 0 Å². The molecule has 2 aromatic rings. The highest BCUT2D eigenvalue weighted by atomic mass is 35.5. The zero-order chi connectivity index (χ0) is 17.2. The number of sulfonamides is 1. The van der Waals surface area contributed by atoms with Gasteiger partial charge in [0.1, 0.15) is 5.82 Å². The number of ether oxygens (including phenoxy) is 1. The summed E-state index contributed by atoms with van der Waals surface area (Å²) in [5.74, 6) is -1.37. The van der Waals surface area contributed by atoms with Crippen molar-refractivity contribution in [2.45, 2.75) is 6.54 Å². The monoisotopic (exact) mass is 361 g/mol. The lowest BCUT2D eigenvalue weighted by atomic mass is 10.2. The van der Waals surface area contributed by atoms with Crippen LogP contribution in [0.15, 0.2) is 36.4 Å². The molecule has 0 bridgehead atoms. The van der Waals surface area contributed by atoms with E-state index in [2.05, 4.69) is 0 Å². The van der Waals surface area contributed by atoms with Crippen LogP contribution in [0.25, 0.3) is 0 Å². The number of hydrogen-bond donors (Lipinski definition) is 0. The molecule has 0 spiro atoms. The van der Waals surface area contributed by atoms with Crippen LogP contribution in [0.4, 0.5) is 14.5 Å². The van der Waals surface area contributed by atoms with E-state index in [0.29, 0.717) is 5.56 Å². The molecule has 124 valence electrons. The first-order valence-corrected chi connectivity index (χ1v) is 8.70. The summed E-state index contributed by atoms with van der Waals surface area (Å²) in [6.07, 6.45) is 0.945. The lowest BCUT2D eigenvalue weighted by Gasteiger charge is -2.23. The Kier molecular flexibility index (Phi) is 5.11. The van der Waals surface area contributed by atoms with Gasteiger partial charge >= 0.3 is 0 Å². The van der Waals surface area contributed by atoms with Crippen LogP contribution >= 0.6 is 11.6 Å². The van der Waals surface area contributed by atoms with E-state index in [-0.39, 0.29) is 23.0 Å². The van der Waals surface area contributed by atoms with Gasteiger partial charge in [0.2, 0.25) is 10.0 Å². The second kappa shape index (κ2) is 6.72. The van der Waals surface area contributed by atoms with E-state index in [9.17, 15) is 17.2 Å². The Labute approximate surface area is 138 Å². The molecule has 0 aromatic heterocycles. The van der Waals surface area contributed by atoms with Crippen molar-refractivity contribution in [2.75, 3.05) is 17.7 Å². The van der Waals surface area contributed by atoms with Crippen LogP contribution in [-0.4, -0.2) is 21.8 Å². The van der Waals surface area contributed by atoms with Gasteiger partial charge < -0.3 is 4.74 Å². The fourth-order valence-corrected chi connectivity index (χ4v) is 3.09. The van der Waals surface area contributed by atoms with Gasteiger partial charge in [0.15, 0.2) is 11.6 Å². The standard InChI is InChI=1S/C15H14ClF2NO3S/c1-22-15-6-3-10(7-13(15)18)9-19(23(2,20)21)14-5-4-11(16)8-12(14)17/h3-8H,9H2,1-2H3. The fourth-order valence-electron chi connectivity index (χ4n) is 2.04. The van der Waals surface area contributed by atoms with Gasteiger partial charge in [0.25, 0.3) is 0 Å². The molecular weight excluding hydrogens is 348 g/mol. The van der Waals surface area contributed by atoms with E-state index in [0.717, 1.165) is 22.7 Å². The highest BCUT2D eigenvalue weighted by molar-refractivity contribution is 7.92. The van der Waals surface area contributed by atoms with Crippen molar-refractivity contribution in [2.24, 2.45) is 0 Å². The molecule has 4 nitrogen and oxygen atoms in total. The topological polar surface area (TPSA) is 46.6 Å². The predicted molar refractivity (Wildman–Crippen MR) is 85.4 cm³/mol. The van der Waals surface area contributed by atoms with E-state index < -0.39 is 21.7 Å². The predicted octanol–water partition coefficient (Wildman–Crippen LogP) is 3.59. The molecule has 0 aliphatic heterocycles. The van der Waals surface area contributed by atoms with Crippen molar-refractivity contribution >= 4 is 27.3 Å². The number of nitrogens with zero attached hydrogens (tertiary/aromatic N) is 1. The maximum absolute atomic E-state index is 14.0. The van der Waals surface area contributed by atoms with Gasteiger partial charge in [0, 0.05) is 5.02 Å². The molecule has 0 amide bonds. The smallest absolute Gasteiger partial charge is 0.232 e. The Hall–Kier alpha value is -1.86. The molecule has 2 rings (SSSR count). The molecule has 0 saturated carbocycles. The van der Waals surface area contributed by atoms with Crippen molar-refractivity contribution in [1.82, 2.24) is 0 Å². The first-order valence-electron chi connectivity index (χ1n) is 6.47. The van der Waals surface area contributed by atoms with Gasteiger partial charge in [0.05, 0.1) is 25.6 Å². The first-order chi connectivity index (χ1) is 10.7.